The molecule has 1 aliphatic heterocycles. The minimum absolute atomic E-state index is 0.142. The molecule has 10 heteroatoms. The monoisotopic (exact) mass is 466 g/mol. The number of anilines is 2. The first-order chi connectivity index (χ1) is 16.2. The van der Waals surface area contributed by atoms with E-state index in [0.717, 1.165) is 16.5 Å². The van der Waals surface area contributed by atoms with Crippen LogP contribution in [0.4, 0.5) is 20.4 Å². The third-order valence-corrected chi connectivity index (χ3v) is 6.17. The number of halogens is 2. The number of carboxylic acids is 1. The number of nitrogens with one attached hydrogen (secondary N) is 1. The number of hydrogen-bond donors (Lipinski definition) is 2. The maximum atomic E-state index is 14.2. The molecule has 0 amide bonds. The number of aromatic nitrogens is 4. The number of para-hydroxylation sites is 1. The zero-order chi connectivity index (χ0) is 24.0. The maximum Gasteiger partial charge on any atom is 0.337 e. The van der Waals surface area contributed by atoms with Crippen LogP contribution in [0, 0.1) is 6.92 Å². The van der Waals surface area contributed by atoms with E-state index in [1.807, 2.05) is 26.0 Å². The van der Waals surface area contributed by atoms with Gasteiger partial charge in [-0.3, -0.25) is 4.40 Å². The van der Waals surface area contributed by atoms with Crippen LogP contribution in [0.25, 0.3) is 16.6 Å². The SMILES string of the molecule is Cc1cc(C(C)Nc2ccccc2C(=O)O)c2nc(N3CCCC(F)(F)C3)n3cnnc3c2c1. The van der Waals surface area contributed by atoms with Crippen molar-refractivity contribution in [2.24, 2.45) is 0 Å². The normalized spacial score (nSPS) is 16.6. The first-order valence-electron chi connectivity index (χ1n) is 11.1. The fourth-order valence-electron chi connectivity index (χ4n) is 4.62. The van der Waals surface area contributed by atoms with Gasteiger partial charge in [0.05, 0.1) is 23.7 Å². The second-order valence-electron chi connectivity index (χ2n) is 8.78. The van der Waals surface area contributed by atoms with Gasteiger partial charge in [-0.1, -0.05) is 18.2 Å². The number of piperidine rings is 1. The first kappa shape index (κ1) is 22.0. The quantitative estimate of drug-likeness (QED) is 0.440. The molecule has 0 saturated carbocycles. The lowest BCUT2D eigenvalue weighted by molar-refractivity contribution is -0.0121. The van der Waals surface area contributed by atoms with E-state index in [1.165, 1.54) is 6.33 Å². The summed E-state index contributed by atoms with van der Waals surface area (Å²) in [5.74, 6) is -3.45. The third-order valence-electron chi connectivity index (χ3n) is 6.17. The summed E-state index contributed by atoms with van der Waals surface area (Å²) in [6.45, 7) is 3.91. The Morgan fingerprint density at radius 1 is 1.26 bits per heavy atom. The molecule has 0 spiro atoms. The minimum Gasteiger partial charge on any atom is -0.478 e. The fraction of sp³-hybridized carbons (Fsp3) is 0.333. The summed E-state index contributed by atoms with van der Waals surface area (Å²) in [5.41, 5.74) is 3.57. The van der Waals surface area contributed by atoms with Crippen molar-refractivity contribution in [2.45, 2.75) is 38.7 Å². The van der Waals surface area contributed by atoms with E-state index in [9.17, 15) is 18.7 Å². The van der Waals surface area contributed by atoms with Crippen LogP contribution in [0.1, 0.15) is 47.3 Å². The Morgan fingerprint density at radius 2 is 2.06 bits per heavy atom. The van der Waals surface area contributed by atoms with Crippen molar-refractivity contribution in [3.05, 3.63) is 59.4 Å². The van der Waals surface area contributed by atoms with Gasteiger partial charge in [-0.05, 0) is 44.0 Å². The van der Waals surface area contributed by atoms with Crippen molar-refractivity contribution < 1.29 is 18.7 Å². The van der Waals surface area contributed by atoms with Gasteiger partial charge in [-0.15, -0.1) is 10.2 Å². The van der Waals surface area contributed by atoms with Crippen molar-refractivity contribution in [1.82, 2.24) is 19.6 Å². The van der Waals surface area contributed by atoms with Crippen LogP contribution < -0.4 is 10.2 Å². The molecular formula is C24H24F2N6O2. The van der Waals surface area contributed by atoms with Crippen molar-refractivity contribution in [1.29, 1.82) is 0 Å². The molecular weight excluding hydrogens is 442 g/mol. The van der Waals surface area contributed by atoms with E-state index < -0.39 is 18.4 Å². The number of hydrogen-bond acceptors (Lipinski definition) is 6. The van der Waals surface area contributed by atoms with Gasteiger partial charge >= 0.3 is 5.97 Å². The Kier molecular flexibility index (Phi) is 5.30. The zero-order valence-corrected chi connectivity index (χ0v) is 18.8. The van der Waals surface area contributed by atoms with Crippen LogP contribution in [0.2, 0.25) is 0 Å². The lowest BCUT2D eigenvalue weighted by Crippen LogP contribution is -2.43. The molecule has 1 saturated heterocycles. The minimum atomic E-state index is -2.79. The molecule has 34 heavy (non-hydrogen) atoms. The number of rotatable bonds is 5. The van der Waals surface area contributed by atoms with Gasteiger partial charge in [-0.2, -0.15) is 0 Å². The molecule has 1 fully saturated rings. The molecule has 2 aromatic heterocycles. The van der Waals surface area contributed by atoms with Crippen molar-refractivity contribution in [3.63, 3.8) is 0 Å². The van der Waals surface area contributed by atoms with Gasteiger partial charge < -0.3 is 15.3 Å². The predicted octanol–water partition coefficient (Wildman–Crippen LogP) is 4.69. The Labute approximate surface area is 194 Å². The predicted molar refractivity (Wildman–Crippen MR) is 125 cm³/mol. The summed E-state index contributed by atoms with van der Waals surface area (Å²) in [5, 5.41) is 21.9. The molecule has 0 bridgehead atoms. The largest absolute Gasteiger partial charge is 0.478 e. The molecule has 0 aliphatic carbocycles. The highest BCUT2D eigenvalue weighted by Crippen LogP contribution is 2.34. The van der Waals surface area contributed by atoms with Crippen molar-refractivity contribution in [3.8, 4) is 0 Å². The number of carboxylic acid groups (broad SMARTS) is 1. The highest BCUT2D eigenvalue weighted by molar-refractivity contribution is 5.96. The highest BCUT2D eigenvalue weighted by atomic mass is 19.3. The number of benzene rings is 2. The number of aromatic carboxylic acids is 1. The van der Waals surface area contributed by atoms with Crippen LogP contribution in [0.5, 0.6) is 0 Å². The molecule has 2 aromatic carbocycles. The number of carbonyl (C=O) groups is 1. The Balaban J connectivity index is 1.65. The van der Waals surface area contributed by atoms with Crippen LogP contribution in [0.15, 0.2) is 42.7 Å². The van der Waals surface area contributed by atoms with E-state index in [4.69, 9.17) is 4.98 Å². The average molecular weight is 466 g/mol. The third kappa shape index (κ3) is 3.89. The average Bonchev–Trinajstić information content (AvgIpc) is 3.28. The maximum absolute atomic E-state index is 14.2. The summed E-state index contributed by atoms with van der Waals surface area (Å²) >= 11 is 0. The Bertz CT molecular complexity index is 1400. The molecule has 1 atom stereocenters. The van der Waals surface area contributed by atoms with E-state index >= 15 is 0 Å². The van der Waals surface area contributed by atoms with E-state index in [-0.39, 0.29) is 18.0 Å². The fourth-order valence-corrected chi connectivity index (χ4v) is 4.62. The number of alkyl halides is 2. The molecule has 0 radical (unpaired) electrons. The molecule has 1 unspecified atom stereocenters. The van der Waals surface area contributed by atoms with Crippen LogP contribution in [-0.4, -0.2) is 49.7 Å². The van der Waals surface area contributed by atoms with Crippen LogP contribution in [-0.2, 0) is 0 Å². The molecule has 3 heterocycles. The topological polar surface area (TPSA) is 95.6 Å². The lowest BCUT2D eigenvalue weighted by Gasteiger charge is -2.33. The molecule has 8 nitrogen and oxygen atoms in total. The highest BCUT2D eigenvalue weighted by Gasteiger charge is 2.36. The summed E-state index contributed by atoms with van der Waals surface area (Å²) < 4.78 is 30.1. The van der Waals surface area contributed by atoms with E-state index in [1.54, 1.807) is 33.6 Å². The van der Waals surface area contributed by atoms with Gasteiger partial charge in [0.2, 0.25) is 5.95 Å². The van der Waals surface area contributed by atoms with Crippen LogP contribution in [0.3, 0.4) is 0 Å². The second kappa shape index (κ2) is 8.19. The van der Waals surface area contributed by atoms with Crippen LogP contribution >= 0.6 is 0 Å². The van der Waals surface area contributed by atoms with Gasteiger partial charge in [0.1, 0.15) is 6.33 Å². The molecule has 176 valence electrons. The van der Waals surface area contributed by atoms with E-state index in [0.29, 0.717) is 35.8 Å². The molecule has 5 rings (SSSR count). The number of fused-ring (bicyclic) bond motifs is 3. The van der Waals surface area contributed by atoms with Gasteiger partial charge in [0.15, 0.2) is 5.65 Å². The first-order valence-corrected chi connectivity index (χ1v) is 11.1. The Hall–Kier alpha value is -3.82. The van der Waals surface area contributed by atoms with Gasteiger partial charge in [0.25, 0.3) is 5.92 Å². The van der Waals surface area contributed by atoms with Crippen molar-refractivity contribution in [2.75, 3.05) is 23.3 Å². The van der Waals surface area contributed by atoms with E-state index in [2.05, 4.69) is 15.5 Å². The van der Waals surface area contributed by atoms with Gasteiger partial charge in [-0.25, -0.2) is 18.6 Å². The smallest absolute Gasteiger partial charge is 0.337 e. The van der Waals surface area contributed by atoms with Crippen molar-refractivity contribution >= 4 is 34.2 Å². The molecule has 1 aliphatic rings. The summed E-state index contributed by atoms with van der Waals surface area (Å²) in [4.78, 5) is 18.1. The molecule has 2 N–H and O–H groups in total. The number of aryl methyl sites for hydroxylation is 1. The summed E-state index contributed by atoms with van der Waals surface area (Å²) in [7, 11) is 0. The standard InChI is InChI=1S/C24H24F2N6O2/c1-14-10-17(15(2)28-19-7-4-3-6-16(19)22(33)34)20-18(11-14)21-30-27-13-32(21)23(29-20)31-9-5-8-24(25,26)12-31/h3-4,6-7,10-11,13,15,28H,5,8-9,12H2,1-2H3,(H,33,34). The molecule has 4 aromatic rings. The lowest BCUT2D eigenvalue weighted by atomic mass is 10.0. The summed E-state index contributed by atoms with van der Waals surface area (Å²) in [6.07, 6.45) is 1.72. The summed E-state index contributed by atoms with van der Waals surface area (Å²) in [6, 6.07) is 10.3. The second-order valence-corrected chi connectivity index (χ2v) is 8.78. The number of nitrogens with zero attached hydrogens (tertiary/aromatic N) is 5. The zero-order valence-electron chi connectivity index (χ0n) is 18.8. The van der Waals surface area contributed by atoms with Gasteiger partial charge in [0, 0.05) is 29.6 Å². The Morgan fingerprint density at radius 3 is 2.82 bits per heavy atom.